The molecule has 1 aromatic carbocycles. The average Bonchev–Trinajstić information content (AvgIpc) is 3.61. The van der Waals surface area contributed by atoms with Crippen molar-refractivity contribution in [1.29, 1.82) is 0 Å². The summed E-state index contributed by atoms with van der Waals surface area (Å²) < 4.78 is 12.5. The molecule has 2 saturated heterocycles. The third-order valence-corrected chi connectivity index (χ3v) is 10.2. The van der Waals surface area contributed by atoms with Gasteiger partial charge in [0.2, 0.25) is 5.91 Å². The smallest absolute Gasteiger partial charge is 0.232 e. The number of benzene rings is 1. The molecule has 1 spiro atoms. The first kappa shape index (κ1) is 24.8. The van der Waals surface area contributed by atoms with Crippen LogP contribution in [-0.2, 0) is 16.1 Å². The number of allylic oxidation sites excluding steroid dienone is 1. The fourth-order valence-corrected chi connectivity index (χ4v) is 7.92. The molecule has 7 heteroatoms. The summed E-state index contributed by atoms with van der Waals surface area (Å²) in [7, 11) is 1.69. The zero-order valence-electron chi connectivity index (χ0n) is 21.8. The van der Waals surface area contributed by atoms with Crippen molar-refractivity contribution < 1.29 is 14.3 Å². The molecular weight excluding hydrogens is 482 g/mol. The zero-order chi connectivity index (χ0) is 25.6. The van der Waals surface area contributed by atoms with Gasteiger partial charge in [0, 0.05) is 17.2 Å². The Kier molecular flexibility index (Phi) is 6.50. The molecule has 0 radical (unpaired) electrons. The van der Waals surface area contributed by atoms with Gasteiger partial charge in [-0.3, -0.25) is 9.79 Å². The number of aliphatic imine (C=N–C) groups is 1. The minimum absolute atomic E-state index is 0.103. The number of thiophene rings is 1. The third kappa shape index (κ3) is 3.98. The predicted octanol–water partition coefficient (Wildman–Crippen LogP) is 5.37. The molecule has 6 rings (SSSR count). The molecule has 2 aromatic rings. The van der Waals surface area contributed by atoms with E-state index in [4.69, 9.17) is 14.5 Å². The largest absolute Gasteiger partial charge is 0.497 e. The molecule has 196 valence electrons. The van der Waals surface area contributed by atoms with Crippen LogP contribution < -0.4 is 10.1 Å². The Labute approximate surface area is 223 Å². The molecule has 3 aliphatic heterocycles. The summed E-state index contributed by atoms with van der Waals surface area (Å²) in [5.41, 5.74) is 0.918. The van der Waals surface area contributed by atoms with Crippen LogP contribution in [0.4, 0.5) is 0 Å². The zero-order valence-corrected chi connectivity index (χ0v) is 22.6. The lowest BCUT2D eigenvalue weighted by molar-refractivity contribution is -0.156. The van der Waals surface area contributed by atoms with Crippen LogP contribution >= 0.6 is 11.3 Å². The van der Waals surface area contributed by atoms with Gasteiger partial charge < -0.3 is 19.7 Å². The van der Waals surface area contributed by atoms with Gasteiger partial charge >= 0.3 is 0 Å². The summed E-state index contributed by atoms with van der Waals surface area (Å²) in [4.78, 5) is 23.2. The van der Waals surface area contributed by atoms with Gasteiger partial charge in [0.15, 0.2) is 12.0 Å². The van der Waals surface area contributed by atoms with E-state index in [9.17, 15) is 4.79 Å². The molecule has 37 heavy (non-hydrogen) atoms. The van der Waals surface area contributed by atoms with E-state index in [-0.39, 0.29) is 24.0 Å². The maximum Gasteiger partial charge on any atom is 0.232 e. The Morgan fingerprint density at radius 2 is 2.05 bits per heavy atom. The number of methoxy groups -OCH3 is 1. The number of nitrogens with one attached hydrogen (secondary N) is 1. The number of nitrogens with zero attached hydrogens (tertiary/aromatic N) is 2. The van der Waals surface area contributed by atoms with E-state index in [0.29, 0.717) is 25.3 Å². The van der Waals surface area contributed by atoms with Gasteiger partial charge in [-0.25, -0.2) is 0 Å². The minimum Gasteiger partial charge on any atom is -0.497 e. The second-order valence-electron chi connectivity index (χ2n) is 11.1. The Balaban J connectivity index is 1.46. The van der Waals surface area contributed by atoms with E-state index < -0.39 is 11.1 Å². The number of likely N-dealkylation sites (tertiary alicyclic amines) is 1. The summed E-state index contributed by atoms with van der Waals surface area (Å²) in [5, 5.41) is 5.55. The van der Waals surface area contributed by atoms with Crippen LogP contribution in [0.5, 0.6) is 5.75 Å². The number of piperidine rings is 1. The molecule has 1 amide bonds. The maximum atomic E-state index is 14.6. The van der Waals surface area contributed by atoms with Crippen molar-refractivity contribution >= 4 is 23.0 Å². The lowest BCUT2D eigenvalue weighted by Gasteiger charge is -2.40. The Bertz CT molecular complexity index is 1170. The second kappa shape index (κ2) is 9.68. The number of carbonyl (C=O) groups is 1. The van der Waals surface area contributed by atoms with Crippen LogP contribution in [0.2, 0.25) is 0 Å². The van der Waals surface area contributed by atoms with E-state index in [1.807, 2.05) is 23.1 Å². The highest BCUT2D eigenvalue weighted by molar-refractivity contribution is 7.09. The van der Waals surface area contributed by atoms with Gasteiger partial charge in [-0.2, -0.15) is 0 Å². The molecule has 1 saturated carbocycles. The number of ether oxygens (including phenoxy) is 2. The molecular formula is C30H37N3O3S. The summed E-state index contributed by atoms with van der Waals surface area (Å²) in [6.07, 6.45) is 5.91. The van der Waals surface area contributed by atoms with Crippen LogP contribution in [0.3, 0.4) is 0 Å². The summed E-state index contributed by atoms with van der Waals surface area (Å²) in [5.74, 6) is 1.67. The monoisotopic (exact) mass is 519 g/mol. The minimum atomic E-state index is -0.783. The van der Waals surface area contributed by atoms with Gasteiger partial charge in [0.1, 0.15) is 5.75 Å². The highest BCUT2D eigenvalue weighted by Crippen LogP contribution is 2.61. The van der Waals surface area contributed by atoms with Gasteiger partial charge in [0.05, 0.1) is 24.8 Å². The van der Waals surface area contributed by atoms with E-state index in [2.05, 4.69) is 48.5 Å². The van der Waals surface area contributed by atoms with E-state index in [0.717, 1.165) is 43.8 Å². The second-order valence-corrected chi connectivity index (χ2v) is 12.2. The van der Waals surface area contributed by atoms with E-state index >= 15 is 0 Å². The maximum absolute atomic E-state index is 14.6. The quantitative estimate of drug-likeness (QED) is 0.500. The molecule has 6 nitrogen and oxygen atoms in total. The van der Waals surface area contributed by atoms with Gasteiger partial charge in [-0.15, -0.1) is 17.9 Å². The van der Waals surface area contributed by atoms with Crippen molar-refractivity contribution in [1.82, 2.24) is 10.2 Å². The molecule has 0 unspecified atom stereocenters. The lowest BCUT2D eigenvalue weighted by Crippen LogP contribution is -2.53. The Morgan fingerprint density at radius 1 is 1.27 bits per heavy atom. The first-order chi connectivity index (χ1) is 18.0. The molecule has 3 fully saturated rings. The number of fused-ring (bicyclic) bond motifs is 1. The molecule has 1 N–H and O–H groups in total. The van der Waals surface area contributed by atoms with Crippen molar-refractivity contribution in [2.24, 2.45) is 22.2 Å². The number of hydrogen-bond acceptors (Lipinski definition) is 6. The Morgan fingerprint density at radius 3 is 2.73 bits per heavy atom. The van der Waals surface area contributed by atoms with Crippen molar-refractivity contribution in [3.05, 3.63) is 64.9 Å². The summed E-state index contributed by atoms with van der Waals surface area (Å²) in [6, 6.07) is 12.5. The fraction of sp³-hybridized carbons (Fsp3) is 0.533. The van der Waals surface area contributed by atoms with Crippen molar-refractivity contribution in [3.8, 4) is 5.75 Å². The van der Waals surface area contributed by atoms with Crippen LogP contribution in [0.15, 0.2) is 59.4 Å². The molecule has 5 atom stereocenters. The number of carbonyl (C=O) groups excluding carboxylic acids is 1. The fourth-order valence-electron chi connectivity index (χ4n) is 7.23. The van der Waals surface area contributed by atoms with Crippen LogP contribution in [0, 0.1) is 17.3 Å². The first-order valence-electron chi connectivity index (χ1n) is 13.6. The number of hydrogen-bond donors (Lipinski definition) is 1. The van der Waals surface area contributed by atoms with Crippen LogP contribution in [0.1, 0.15) is 55.4 Å². The number of amides is 1. The Hall–Kier alpha value is -2.48. The van der Waals surface area contributed by atoms with Gasteiger partial charge in [-0.05, 0) is 79.8 Å². The standard InChI is InChI=1S/C30H37N3O3S/c1-4-13-29-19-30(33(28(29)34)18-24-6-5-16-37-24)26(32-27(36-30)22-11-14-31-15-12-22)17-25(20(29)2)21-7-9-23(35-3)10-8-21/h4-10,16,20,22,25,27,31H,1,11-15,17-19H2,2-3H3/t20-,25+,27-,29+,30+/m1/s1. The lowest BCUT2D eigenvalue weighted by atomic mass is 9.66. The van der Waals surface area contributed by atoms with Crippen LogP contribution in [-0.4, -0.2) is 48.7 Å². The third-order valence-electron chi connectivity index (χ3n) is 9.33. The van der Waals surface area contributed by atoms with Crippen molar-refractivity contribution in [3.63, 3.8) is 0 Å². The summed E-state index contributed by atoms with van der Waals surface area (Å²) in [6.45, 7) is 8.90. The molecule has 1 aromatic heterocycles. The highest BCUT2D eigenvalue weighted by Gasteiger charge is 2.69. The molecule has 1 aliphatic carbocycles. The van der Waals surface area contributed by atoms with E-state index in [1.54, 1.807) is 18.4 Å². The molecule has 4 aliphatic rings. The van der Waals surface area contributed by atoms with Gasteiger partial charge in [0.25, 0.3) is 0 Å². The summed E-state index contributed by atoms with van der Waals surface area (Å²) >= 11 is 1.70. The number of rotatable bonds is 7. The van der Waals surface area contributed by atoms with Crippen LogP contribution in [0.25, 0.3) is 0 Å². The van der Waals surface area contributed by atoms with Crippen molar-refractivity contribution in [2.75, 3.05) is 20.2 Å². The van der Waals surface area contributed by atoms with Gasteiger partial charge in [-0.1, -0.05) is 31.2 Å². The molecule has 4 heterocycles. The highest BCUT2D eigenvalue weighted by atomic mass is 32.1. The average molecular weight is 520 g/mol. The van der Waals surface area contributed by atoms with Crippen molar-refractivity contribution in [2.45, 2.75) is 63.4 Å². The molecule has 2 bridgehead atoms. The topological polar surface area (TPSA) is 63.2 Å². The van der Waals surface area contributed by atoms with E-state index in [1.165, 1.54) is 10.4 Å². The predicted molar refractivity (Wildman–Crippen MR) is 147 cm³/mol. The SMILES string of the molecule is C=CC[C@]12C[C@@]3(O[C@H](C4CCNCC4)N=C3C[C@H](c3ccc(OC)cc3)[C@H]1C)N(Cc1cccs1)C2=O. The first-order valence-corrected chi connectivity index (χ1v) is 14.4. The normalized spacial score (nSPS) is 33.7.